The fourth-order valence-corrected chi connectivity index (χ4v) is 4.63. The van der Waals surface area contributed by atoms with Crippen LogP contribution in [0.25, 0.3) is 0 Å². The number of rotatable bonds is 3. The molecule has 1 atom stereocenters. The first-order valence-corrected chi connectivity index (χ1v) is 9.70. The zero-order chi connectivity index (χ0) is 18.1. The van der Waals surface area contributed by atoms with Gasteiger partial charge in [0.2, 0.25) is 5.91 Å². The van der Waals surface area contributed by atoms with Crippen LogP contribution < -0.4 is 15.6 Å². The highest BCUT2D eigenvalue weighted by Gasteiger charge is 2.32. The molecule has 8 heteroatoms. The molecule has 0 saturated carbocycles. The van der Waals surface area contributed by atoms with E-state index in [4.69, 9.17) is 9.47 Å². The summed E-state index contributed by atoms with van der Waals surface area (Å²) >= 11 is 1.46. The molecule has 4 rings (SSSR count). The number of anilines is 1. The fourth-order valence-electron chi connectivity index (χ4n) is 3.50. The number of carbonyl (C=O) groups is 1. The average molecular weight is 375 g/mol. The van der Waals surface area contributed by atoms with Gasteiger partial charge in [-0.1, -0.05) is 12.1 Å². The summed E-state index contributed by atoms with van der Waals surface area (Å²) in [6.07, 6.45) is 1.63. The minimum Gasteiger partial charge on any atom is -0.497 e. The van der Waals surface area contributed by atoms with Crippen LogP contribution in [0.4, 0.5) is 5.82 Å². The molecule has 3 heterocycles. The smallest absolute Gasteiger partial charge is 0.270 e. The molecular formula is C18H21N3O4S. The van der Waals surface area contributed by atoms with Gasteiger partial charge in [-0.25, -0.2) is 0 Å². The van der Waals surface area contributed by atoms with Crippen LogP contribution in [0.2, 0.25) is 0 Å². The molecule has 2 aliphatic rings. The van der Waals surface area contributed by atoms with E-state index in [0.717, 1.165) is 24.2 Å². The molecule has 7 nitrogen and oxygen atoms in total. The molecule has 1 fully saturated rings. The third-order valence-electron chi connectivity index (χ3n) is 4.84. The van der Waals surface area contributed by atoms with Gasteiger partial charge in [0.25, 0.3) is 5.56 Å². The maximum absolute atomic E-state index is 12.8. The van der Waals surface area contributed by atoms with Crippen LogP contribution in [0.5, 0.6) is 5.75 Å². The maximum Gasteiger partial charge on any atom is 0.270 e. The van der Waals surface area contributed by atoms with E-state index >= 15 is 0 Å². The van der Waals surface area contributed by atoms with Crippen molar-refractivity contribution in [3.63, 3.8) is 0 Å². The quantitative estimate of drug-likeness (QED) is 0.860. The van der Waals surface area contributed by atoms with Crippen molar-refractivity contribution in [3.05, 3.63) is 45.7 Å². The molecule has 1 unspecified atom stereocenters. The predicted molar refractivity (Wildman–Crippen MR) is 100 cm³/mol. The first-order chi connectivity index (χ1) is 12.7. The SMILES string of the molecule is COc1ccc(C2SCC(=O)Nc3c2c(=O)[nH]n3C2CCOCC2)cc1. The van der Waals surface area contributed by atoms with Crippen LogP contribution >= 0.6 is 11.8 Å². The topological polar surface area (TPSA) is 85.4 Å². The number of thioether (sulfide) groups is 1. The minimum absolute atomic E-state index is 0.0907. The van der Waals surface area contributed by atoms with Crippen molar-refractivity contribution in [2.45, 2.75) is 24.1 Å². The van der Waals surface area contributed by atoms with Crippen molar-refractivity contribution >= 4 is 23.5 Å². The normalized spacial score (nSPS) is 21.0. The number of methoxy groups -OCH3 is 1. The Labute approximate surface area is 155 Å². The summed E-state index contributed by atoms with van der Waals surface area (Å²) < 4.78 is 12.5. The van der Waals surface area contributed by atoms with Crippen LogP contribution in [-0.2, 0) is 9.53 Å². The molecular weight excluding hydrogens is 354 g/mol. The lowest BCUT2D eigenvalue weighted by molar-refractivity contribution is -0.113. The van der Waals surface area contributed by atoms with Crippen LogP contribution in [0.1, 0.15) is 35.3 Å². The Balaban J connectivity index is 1.78. The van der Waals surface area contributed by atoms with E-state index < -0.39 is 0 Å². The standard InChI is InChI=1S/C18H21N3O4S/c1-24-13-4-2-11(3-5-13)16-15-17(19-14(22)10-26-16)21(20-18(15)23)12-6-8-25-9-7-12/h2-5,12,16H,6-10H2,1H3,(H,19,22)(H,20,23). The number of carbonyl (C=O) groups excluding carboxylic acids is 1. The van der Waals surface area contributed by atoms with E-state index in [0.29, 0.717) is 30.3 Å². The third-order valence-corrected chi connectivity index (χ3v) is 6.11. The van der Waals surface area contributed by atoms with Crippen molar-refractivity contribution in [1.29, 1.82) is 0 Å². The average Bonchev–Trinajstić information content (AvgIpc) is 2.88. The largest absolute Gasteiger partial charge is 0.497 e. The number of amides is 1. The molecule has 1 aromatic carbocycles. The Hall–Kier alpha value is -2.19. The van der Waals surface area contributed by atoms with Crippen LogP contribution in [0.3, 0.4) is 0 Å². The van der Waals surface area contributed by atoms with E-state index in [1.165, 1.54) is 11.8 Å². The fraction of sp³-hybridized carbons (Fsp3) is 0.444. The summed E-state index contributed by atoms with van der Waals surface area (Å²) in [6.45, 7) is 1.31. The van der Waals surface area contributed by atoms with Crippen molar-refractivity contribution in [3.8, 4) is 5.75 Å². The maximum atomic E-state index is 12.8. The van der Waals surface area contributed by atoms with Crippen LogP contribution in [0, 0.1) is 0 Å². The number of aromatic amines is 1. The lowest BCUT2D eigenvalue weighted by Gasteiger charge is -2.25. The summed E-state index contributed by atoms with van der Waals surface area (Å²) in [7, 11) is 1.62. The minimum atomic E-state index is -0.209. The zero-order valence-corrected chi connectivity index (χ0v) is 15.3. The Morgan fingerprint density at radius 2 is 1.92 bits per heavy atom. The van der Waals surface area contributed by atoms with Gasteiger partial charge in [0.15, 0.2) is 0 Å². The van der Waals surface area contributed by atoms with Crippen LogP contribution in [-0.4, -0.2) is 41.8 Å². The zero-order valence-electron chi connectivity index (χ0n) is 14.5. The molecule has 0 spiro atoms. The Morgan fingerprint density at radius 3 is 2.62 bits per heavy atom. The van der Waals surface area contributed by atoms with Gasteiger partial charge < -0.3 is 14.8 Å². The highest BCUT2D eigenvalue weighted by molar-refractivity contribution is 8.00. The summed E-state index contributed by atoms with van der Waals surface area (Å²) in [5.41, 5.74) is 1.43. The molecule has 2 aliphatic heterocycles. The van der Waals surface area contributed by atoms with Gasteiger partial charge in [0.1, 0.15) is 11.6 Å². The summed E-state index contributed by atoms with van der Waals surface area (Å²) in [5, 5.41) is 5.68. The van der Waals surface area contributed by atoms with Gasteiger partial charge in [0, 0.05) is 13.2 Å². The monoisotopic (exact) mass is 375 g/mol. The molecule has 1 amide bonds. The number of H-pyrrole nitrogens is 1. The first kappa shape index (κ1) is 17.2. The summed E-state index contributed by atoms with van der Waals surface area (Å²) in [4.78, 5) is 25.1. The second-order valence-corrected chi connectivity index (χ2v) is 7.52. The van der Waals surface area contributed by atoms with E-state index in [-0.39, 0.29) is 22.8 Å². The lowest BCUT2D eigenvalue weighted by atomic mass is 10.1. The number of nitrogens with zero attached hydrogens (tertiary/aromatic N) is 1. The summed E-state index contributed by atoms with van der Waals surface area (Å²) in [6, 6.07) is 7.77. The van der Waals surface area contributed by atoms with Crippen molar-refractivity contribution < 1.29 is 14.3 Å². The number of nitrogens with one attached hydrogen (secondary N) is 2. The highest BCUT2D eigenvalue weighted by atomic mass is 32.2. The van der Waals surface area contributed by atoms with Gasteiger partial charge in [0.05, 0.1) is 29.7 Å². The van der Waals surface area contributed by atoms with Gasteiger partial charge in [-0.05, 0) is 30.5 Å². The van der Waals surface area contributed by atoms with Gasteiger partial charge in [-0.15, -0.1) is 11.8 Å². The number of hydrogen-bond donors (Lipinski definition) is 2. The molecule has 0 radical (unpaired) electrons. The van der Waals surface area contributed by atoms with E-state index in [9.17, 15) is 9.59 Å². The molecule has 0 aliphatic carbocycles. The molecule has 2 aromatic rings. The molecule has 26 heavy (non-hydrogen) atoms. The predicted octanol–water partition coefficient (Wildman–Crippen LogP) is 2.31. The summed E-state index contributed by atoms with van der Waals surface area (Å²) in [5.74, 6) is 1.57. The molecule has 0 bridgehead atoms. The number of hydrogen-bond acceptors (Lipinski definition) is 5. The Bertz CT molecular complexity index is 852. The number of ether oxygens (including phenoxy) is 2. The van der Waals surface area contributed by atoms with Gasteiger partial charge >= 0.3 is 0 Å². The van der Waals surface area contributed by atoms with Gasteiger partial charge in [-0.2, -0.15) is 0 Å². The molecule has 138 valence electrons. The van der Waals surface area contributed by atoms with E-state index in [2.05, 4.69) is 10.4 Å². The Kier molecular flexibility index (Phi) is 4.78. The number of fused-ring (bicyclic) bond motifs is 1. The van der Waals surface area contributed by atoms with Crippen molar-refractivity contribution in [2.24, 2.45) is 0 Å². The number of aromatic nitrogens is 2. The van der Waals surface area contributed by atoms with Crippen molar-refractivity contribution in [2.75, 3.05) is 31.4 Å². The van der Waals surface area contributed by atoms with E-state index in [1.54, 1.807) is 7.11 Å². The molecule has 2 N–H and O–H groups in total. The molecule has 1 saturated heterocycles. The van der Waals surface area contributed by atoms with Gasteiger partial charge in [-0.3, -0.25) is 19.4 Å². The van der Waals surface area contributed by atoms with Crippen LogP contribution in [0.15, 0.2) is 29.1 Å². The second kappa shape index (κ2) is 7.20. The Morgan fingerprint density at radius 1 is 1.19 bits per heavy atom. The second-order valence-electron chi connectivity index (χ2n) is 6.43. The van der Waals surface area contributed by atoms with Crippen molar-refractivity contribution in [1.82, 2.24) is 9.78 Å². The van der Waals surface area contributed by atoms with E-state index in [1.807, 2.05) is 28.9 Å². The lowest BCUT2D eigenvalue weighted by Crippen LogP contribution is -2.24. The first-order valence-electron chi connectivity index (χ1n) is 8.65. The highest BCUT2D eigenvalue weighted by Crippen LogP contribution is 2.41. The molecule has 1 aromatic heterocycles. The third kappa shape index (κ3) is 3.14. The number of benzene rings is 1.